The lowest BCUT2D eigenvalue weighted by Crippen LogP contribution is -2.31. The Bertz CT molecular complexity index is 1600. The first kappa shape index (κ1) is 26.3. The summed E-state index contributed by atoms with van der Waals surface area (Å²) in [6, 6.07) is 22.9. The normalized spacial score (nSPS) is 13.3. The molecule has 5 rings (SSSR count). The summed E-state index contributed by atoms with van der Waals surface area (Å²) >= 11 is 7.08. The minimum absolute atomic E-state index is 0.0179. The van der Waals surface area contributed by atoms with Crippen LogP contribution in [0.1, 0.15) is 27.2 Å². The first-order chi connectivity index (χ1) is 18.8. The second kappa shape index (κ2) is 11.2. The van der Waals surface area contributed by atoms with Crippen molar-refractivity contribution in [2.45, 2.75) is 25.3 Å². The molecule has 3 aromatic carbocycles. The molecule has 1 aliphatic heterocycles. The largest absolute Gasteiger partial charge is 0.467 e. The average Bonchev–Trinajstić information content (AvgIpc) is 3.51. The van der Waals surface area contributed by atoms with Gasteiger partial charge < -0.3 is 15.1 Å². The van der Waals surface area contributed by atoms with Gasteiger partial charge in [0, 0.05) is 26.9 Å². The Balaban J connectivity index is 1.42. The van der Waals surface area contributed by atoms with E-state index in [1.54, 1.807) is 54.6 Å². The number of amides is 3. The minimum atomic E-state index is -0.440. The van der Waals surface area contributed by atoms with Crippen molar-refractivity contribution in [3.63, 3.8) is 0 Å². The predicted octanol–water partition coefficient (Wildman–Crippen LogP) is 6.79. The molecule has 0 saturated heterocycles. The van der Waals surface area contributed by atoms with E-state index in [0.717, 1.165) is 27.8 Å². The number of carbonyl (C=O) groups excluding carboxylic acids is 3. The predicted molar refractivity (Wildman–Crippen MR) is 153 cm³/mol. The van der Waals surface area contributed by atoms with Gasteiger partial charge in [-0.1, -0.05) is 35.5 Å². The van der Waals surface area contributed by atoms with Crippen LogP contribution in [0.4, 0.5) is 11.4 Å². The fourth-order valence-electron chi connectivity index (χ4n) is 3.98. The van der Waals surface area contributed by atoms with Gasteiger partial charge in [0.05, 0.1) is 12.8 Å². The van der Waals surface area contributed by atoms with E-state index < -0.39 is 11.8 Å². The van der Waals surface area contributed by atoms with Crippen LogP contribution in [-0.4, -0.2) is 22.6 Å². The van der Waals surface area contributed by atoms with E-state index in [2.05, 4.69) is 10.6 Å². The zero-order chi connectivity index (χ0) is 27.5. The number of nitrogens with one attached hydrogen (secondary N) is 2. The Hall–Kier alpha value is -4.27. The molecule has 2 heterocycles. The number of nitrogens with zero attached hydrogens (tertiary/aromatic N) is 1. The van der Waals surface area contributed by atoms with E-state index in [0.29, 0.717) is 32.6 Å². The summed E-state index contributed by atoms with van der Waals surface area (Å²) in [6.45, 7) is 4.01. The van der Waals surface area contributed by atoms with Crippen LogP contribution in [0.5, 0.6) is 0 Å². The number of hydrogen-bond donors (Lipinski definition) is 2. The van der Waals surface area contributed by atoms with Crippen LogP contribution in [0.15, 0.2) is 105 Å². The molecular formula is C30H24ClN3O4S. The fourth-order valence-corrected chi connectivity index (χ4v) is 5.12. The lowest BCUT2D eigenvalue weighted by molar-refractivity contribution is -0.138. The number of imide groups is 1. The molecule has 0 fully saturated rings. The van der Waals surface area contributed by atoms with Crippen molar-refractivity contribution in [3.8, 4) is 0 Å². The van der Waals surface area contributed by atoms with Crippen LogP contribution in [0.2, 0.25) is 5.02 Å². The van der Waals surface area contributed by atoms with Gasteiger partial charge in [-0.3, -0.25) is 19.3 Å². The quantitative estimate of drug-likeness (QED) is 0.232. The van der Waals surface area contributed by atoms with Crippen molar-refractivity contribution in [1.82, 2.24) is 4.90 Å². The summed E-state index contributed by atoms with van der Waals surface area (Å²) in [4.78, 5) is 41.7. The highest BCUT2D eigenvalue weighted by molar-refractivity contribution is 8.04. The van der Waals surface area contributed by atoms with Crippen molar-refractivity contribution in [3.05, 3.63) is 123 Å². The van der Waals surface area contributed by atoms with Gasteiger partial charge in [0.1, 0.15) is 16.4 Å². The third-order valence-electron chi connectivity index (χ3n) is 6.21. The van der Waals surface area contributed by atoms with Crippen LogP contribution in [-0.2, 0) is 16.1 Å². The molecule has 0 atom stereocenters. The summed E-state index contributed by atoms with van der Waals surface area (Å²) in [7, 11) is 0. The smallest absolute Gasteiger partial charge is 0.278 e. The van der Waals surface area contributed by atoms with Gasteiger partial charge in [-0.15, -0.1) is 0 Å². The molecule has 2 N–H and O–H groups in total. The van der Waals surface area contributed by atoms with E-state index in [1.165, 1.54) is 6.26 Å². The van der Waals surface area contributed by atoms with E-state index in [-0.39, 0.29) is 23.1 Å². The van der Waals surface area contributed by atoms with Gasteiger partial charge >= 0.3 is 0 Å². The maximum atomic E-state index is 13.5. The molecular weight excluding hydrogens is 534 g/mol. The van der Waals surface area contributed by atoms with Crippen LogP contribution in [0, 0.1) is 13.8 Å². The molecule has 0 unspecified atom stereocenters. The SMILES string of the molecule is Cc1ccc(NC2=C(Sc3cccc(NC(=O)c4ccc(Cl)cc4)c3)C(=O)N(Cc3ccco3)C2=O)cc1C. The second-order valence-corrected chi connectivity index (χ2v) is 10.5. The summed E-state index contributed by atoms with van der Waals surface area (Å²) in [5.41, 5.74) is 4.09. The molecule has 1 aromatic heterocycles. The Labute approximate surface area is 234 Å². The molecule has 196 valence electrons. The molecule has 9 heteroatoms. The van der Waals surface area contributed by atoms with Crippen LogP contribution < -0.4 is 10.6 Å². The number of furan rings is 1. The third-order valence-corrected chi connectivity index (χ3v) is 7.54. The van der Waals surface area contributed by atoms with E-state index in [1.807, 2.05) is 38.1 Å². The van der Waals surface area contributed by atoms with Gasteiger partial charge in [0.15, 0.2) is 0 Å². The highest BCUT2D eigenvalue weighted by Crippen LogP contribution is 2.37. The van der Waals surface area contributed by atoms with Gasteiger partial charge in [0.25, 0.3) is 17.7 Å². The molecule has 3 amide bonds. The molecule has 0 saturated carbocycles. The summed E-state index contributed by atoms with van der Waals surface area (Å²) in [6.07, 6.45) is 1.50. The second-order valence-electron chi connectivity index (χ2n) is 8.99. The number of thioether (sulfide) groups is 1. The van der Waals surface area contributed by atoms with E-state index >= 15 is 0 Å². The van der Waals surface area contributed by atoms with Crippen molar-refractivity contribution in [2.75, 3.05) is 10.6 Å². The molecule has 0 radical (unpaired) electrons. The Morgan fingerprint density at radius 3 is 2.41 bits per heavy atom. The molecule has 39 heavy (non-hydrogen) atoms. The fraction of sp³-hybridized carbons (Fsp3) is 0.100. The average molecular weight is 558 g/mol. The van der Waals surface area contributed by atoms with Crippen molar-refractivity contribution in [2.24, 2.45) is 0 Å². The highest BCUT2D eigenvalue weighted by atomic mass is 35.5. The monoisotopic (exact) mass is 557 g/mol. The molecule has 1 aliphatic rings. The maximum Gasteiger partial charge on any atom is 0.278 e. The Kier molecular flexibility index (Phi) is 7.58. The van der Waals surface area contributed by atoms with Crippen LogP contribution in [0.3, 0.4) is 0 Å². The molecule has 4 aromatic rings. The van der Waals surface area contributed by atoms with E-state index in [4.69, 9.17) is 16.0 Å². The number of carbonyl (C=O) groups is 3. The molecule has 0 spiro atoms. The van der Waals surface area contributed by atoms with Crippen LogP contribution >= 0.6 is 23.4 Å². The zero-order valence-corrected chi connectivity index (χ0v) is 22.7. The molecule has 0 bridgehead atoms. The first-order valence-electron chi connectivity index (χ1n) is 12.1. The number of rotatable bonds is 8. The number of aryl methyl sites for hydroxylation is 2. The minimum Gasteiger partial charge on any atom is -0.467 e. The van der Waals surface area contributed by atoms with Gasteiger partial charge in [-0.25, -0.2) is 0 Å². The third kappa shape index (κ3) is 5.92. The lowest BCUT2D eigenvalue weighted by atomic mass is 10.1. The summed E-state index contributed by atoms with van der Waals surface area (Å²) < 4.78 is 5.38. The van der Waals surface area contributed by atoms with Gasteiger partial charge in [0.2, 0.25) is 0 Å². The van der Waals surface area contributed by atoms with Crippen molar-refractivity contribution in [1.29, 1.82) is 0 Å². The summed E-state index contributed by atoms with van der Waals surface area (Å²) in [5.74, 6) is -0.657. The molecule has 0 aliphatic carbocycles. The topological polar surface area (TPSA) is 91.7 Å². The highest BCUT2D eigenvalue weighted by Gasteiger charge is 2.39. The summed E-state index contributed by atoms with van der Waals surface area (Å²) in [5, 5.41) is 6.58. The molecule has 7 nitrogen and oxygen atoms in total. The number of halogens is 1. The number of benzene rings is 3. The standard InChI is InChI=1S/C30H24ClN3O4S/c1-18-8-13-23(15-19(18)2)32-26-27(30(37)34(29(26)36)17-24-6-4-14-38-24)39-25-7-3-5-22(16-25)33-28(35)20-9-11-21(31)12-10-20/h3-16,32H,17H2,1-2H3,(H,33,35). The van der Waals surface area contributed by atoms with Crippen molar-refractivity contribution >= 4 is 52.5 Å². The van der Waals surface area contributed by atoms with Crippen LogP contribution in [0.25, 0.3) is 0 Å². The first-order valence-corrected chi connectivity index (χ1v) is 13.3. The van der Waals surface area contributed by atoms with Gasteiger partial charge in [-0.05, 0) is 91.7 Å². The lowest BCUT2D eigenvalue weighted by Gasteiger charge is -2.14. The maximum absolute atomic E-state index is 13.5. The van der Waals surface area contributed by atoms with E-state index in [9.17, 15) is 14.4 Å². The number of anilines is 2. The van der Waals surface area contributed by atoms with Crippen molar-refractivity contribution < 1.29 is 18.8 Å². The Morgan fingerprint density at radius 2 is 1.69 bits per heavy atom. The zero-order valence-electron chi connectivity index (χ0n) is 21.2. The Morgan fingerprint density at radius 1 is 0.897 bits per heavy atom. The van der Waals surface area contributed by atoms with Gasteiger partial charge in [-0.2, -0.15) is 0 Å². The number of hydrogen-bond acceptors (Lipinski definition) is 6.